The molecule has 5 heterocycles. The maximum atomic E-state index is 14.0. The van der Waals surface area contributed by atoms with E-state index in [0.29, 0.717) is 22.3 Å². The van der Waals surface area contributed by atoms with E-state index in [4.69, 9.17) is 23.7 Å². The molecular weight excluding hydrogens is 753 g/mol. The molecule has 1 unspecified atom stereocenters. The monoisotopic (exact) mass is 792 g/mol. The summed E-state index contributed by atoms with van der Waals surface area (Å²) in [5, 5.41) is 3.35. The standard InChI is InChI=1S/C46H40N4O9/c1-26-43(56-39(51)18-27-22-47-35-14-6-2-10-31(27)35)44(57-40(52)19-28-23-48-36-15-7-3-11-32(28)36)45(58-41(53)20-29-24-49-37-16-8-4-12-33(29)37)46(55-26)59-42(54)21-30-25-50-38-17-9-5-13-34(30)38/h2-17,22-26,43-50H,18-21H2,1H3/t26-,43-,44+,45+,46?/m0/s1. The minimum atomic E-state index is -1.54. The van der Waals surface area contributed by atoms with Gasteiger partial charge < -0.3 is 43.6 Å². The number of aromatic amines is 4. The Balaban J connectivity index is 1.03. The zero-order valence-corrected chi connectivity index (χ0v) is 31.9. The molecule has 8 aromatic rings. The molecule has 13 heteroatoms. The second-order valence-electron chi connectivity index (χ2n) is 14.7. The molecule has 1 aliphatic rings. The van der Waals surface area contributed by atoms with E-state index in [1.807, 2.05) is 97.1 Å². The summed E-state index contributed by atoms with van der Waals surface area (Å²) in [4.78, 5) is 68.1. The van der Waals surface area contributed by atoms with Gasteiger partial charge in [-0.3, -0.25) is 19.2 Å². The highest BCUT2D eigenvalue weighted by atomic mass is 16.7. The largest absolute Gasteiger partial charge is 0.455 e. The average molecular weight is 793 g/mol. The molecule has 1 saturated heterocycles. The van der Waals surface area contributed by atoms with Crippen LogP contribution in [0, 0.1) is 0 Å². The van der Waals surface area contributed by atoms with Crippen molar-refractivity contribution in [2.75, 3.05) is 0 Å². The molecule has 4 N–H and O–H groups in total. The van der Waals surface area contributed by atoms with Crippen LogP contribution in [0.1, 0.15) is 29.2 Å². The first-order valence-electron chi connectivity index (χ1n) is 19.4. The zero-order chi connectivity index (χ0) is 40.5. The van der Waals surface area contributed by atoms with Crippen LogP contribution in [-0.4, -0.2) is 74.5 Å². The van der Waals surface area contributed by atoms with Gasteiger partial charge in [0.15, 0.2) is 12.2 Å². The Bertz CT molecular complexity index is 2830. The number of nitrogens with one attached hydrogen (secondary N) is 4. The van der Waals surface area contributed by atoms with Crippen molar-refractivity contribution in [1.29, 1.82) is 0 Å². The second kappa shape index (κ2) is 16.0. The van der Waals surface area contributed by atoms with Crippen LogP contribution in [0.15, 0.2) is 122 Å². The van der Waals surface area contributed by atoms with E-state index in [-0.39, 0.29) is 25.7 Å². The van der Waals surface area contributed by atoms with Crippen molar-refractivity contribution in [3.8, 4) is 0 Å². The highest BCUT2D eigenvalue weighted by molar-refractivity contribution is 5.90. The summed E-state index contributed by atoms with van der Waals surface area (Å²) in [6, 6.07) is 30.2. The summed E-state index contributed by atoms with van der Waals surface area (Å²) >= 11 is 0. The fourth-order valence-electron chi connectivity index (χ4n) is 7.97. The number of hydrogen-bond donors (Lipinski definition) is 4. The van der Waals surface area contributed by atoms with Crippen molar-refractivity contribution in [3.63, 3.8) is 0 Å². The molecule has 13 nitrogen and oxygen atoms in total. The normalized spacial score (nSPS) is 19.2. The second-order valence-corrected chi connectivity index (χ2v) is 14.7. The van der Waals surface area contributed by atoms with Crippen molar-refractivity contribution in [2.24, 2.45) is 0 Å². The lowest BCUT2D eigenvalue weighted by atomic mass is 9.98. The van der Waals surface area contributed by atoms with E-state index < -0.39 is 54.6 Å². The topological polar surface area (TPSA) is 178 Å². The number of carbonyl (C=O) groups is 4. The number of carbonyl (C=O) groups excluding carboxylic acids is 4. The fraction of sp³-hybridized carbons (Fsp3) is 0.217. The lowest BCUT2D eigenvalue weighted by Gasteiger charge is -2.43. The molecule has 298 valence electrons. The molecule has 4 aromatic carbocycles. The fourth-order valence-corrected chi connectivity index (χ4v) is 7.97. The Morgan fingerprint density at radius 2 is 0.746 bits per heavy atom. The molecule has 0 saturated carbocycles. The molecule has 4 aromatic heterocycles. The Morgan fingerprint density at radius 1 is 0.441 bits per heavy atom. The predicted octanol–water partition coefficient (Wildman–Crippen LogP) is 6.91. The van der Waals surface area contributed by atoms with Crippen LogP contribution in [0.5, 0.6) is 0 Å². The average Bonchev–Trinajstić information content (AvgIpc) is 4.04. The van der Waals surface area contributed by atoms with Gasteiger partial charge in [-0.05, 0) is 53.4 Å². The first kappa shape index (κ1) is 37.5. The van der Waals surface area contributed by atoms with Crippen LogP contribution in [0.4, 0.5) is 0 Å². The minimum Gasteiger partial charge on any atom is -0.455 e. The van der Waals surface area contributed by atoms with Crippen molar-refractivity contribution in [3.05, 3.63) is 144 Å². The molecule has 9 rings (SSSR count). The third-order valence-electron chi connectivity index (χ3n) is 10.8. The number of hydrogen-bond acceptors (Lipinski definition) is 9. The molecular formula is C46H40N4O9. The molecule has 0 radical (unpaired) electrons. The number of esters is 4. The van der Waals surface area contributed by atoms with E-state index in [2.05, 4.69) is 19.9 Å². The van der Waals surface area contributed by atoms with Gasteiger partial charge >= 0.3 is 23.9 Å². The Labute approximate surface area is 336 Å². The number of para-hydroxylation sites is 4. The zero-order valence-electron chi connectivity index (χ0n) is 31.9. The number of aromatic nitrogens is 4. The third kappa shape index (κ3) is 7.80. The molecule has 0 spiro atoms. The first-order valence-corrected chi connectivity index (χ1v) is 19.4. The van der Waals surface area contributed by atoms with Crippen LogP contribution >= 0.6 is 0 Å². The van der Waals surface area contributed by atoms with Crippen LogP contribution in [0.25, 0.3) is 43.6 Å². The van der Waals surface area contributed by atoms with E-state index in [0.717, 1.165) is 43.6 Å². The van der Waals surface area contributed by atoms with E-state index in [9.17, 15) is 19.2 Å². The smallest absolute Gasteiger partial charge is 0.312 e. The quantitative estimate of drug-likeness (QED) is 0.0757. The Hall–Kier alpha value is -7.12. The Kier molecular flexibility index (Phi) is 10.2. The third-order valence-corrected chi connectivity index (χ3v) is 10.8. The summed E-state index contributed by atoms with van der Waals surface area (Å²) in [5.41, 5.74) is 6.11. The number of ether oxygens (including phenoxy) is 5. The van der Waals surface area contributed by atoms with Gasteiger partial charge in [-0.1, -0.05) is 72.8 Å². The van der Waals surface area contributed by atoms with Gasteiger partial charge in [0.2, 0.25) is 12.4 Å². The van der Waals surface area contributed by atoms with Crippen molar-refractivity contribution < 1.29 is 42.9 Å². The number of fused-ring (bicyclic) bond motifs is 4. The lowest BCUT2D eigenvalue weighted by molar-refractivity contribution is -0.293. The number of benzene rings is 4. The van der Waals surface area contributed by atoms with Gasteiger partial charge in [0.05, 0.1) is 31.8 Å². The van der Waals surface area contributed by atoms with Gasteiger partial charge in [0.25, 0.3) is 0 Å². The van der Waals surface area contributed by atoms with E-state index >= 15 is 0 Å². The molecule has 0 aliphatic carbocycles. The van der Waals surface area contributed by atoms with E-state index in [1.54, 1.807) is 31.7 Å². The highest BCUT2D eigenvalue weighted by Gasteiger charge is 2.52. The summed E-state index contributed by atoms with van der Waals surface area (Å²) < 4.78 is 30.7. The predicted molar refractivity (Wildman–Crippen MR) is 218 cm³/mol. The molecule has 59 heavy (non-hydrogen) atoms. The molecule has 5 atom stereocenters. The van der Waals surface area contributed by atoms with Gasteiger partial charge in [-0.25, -0.2) is 0 Å². The summed E-state index contributed by atoms with van der Waals surface area (Å²) in [6.07, 6.45) is -0.435. The van der Waals surface area contributed by atoms with Gasteiger partial charge in [0.1, 0.15) is 0 Å². The van der Waals surface area contributed by atoms with Gasteiger partial charge in [-0.2, -0.15) is 0 Å². The maximum Gasteiger partial charge on any atom is 0.312 e. The minimum absolute atomic E-state index is 0.114. The van der Waals surface area contributed by atoms with Crippen LogP contribution in [0.3, 0.4) is 0 Å². The molecule has 0 amide bonds. The summed E-state index contributed by atoms with van der Waals surface area (Å²) in [5.74, 6) is -2.71. The number of rotatable bonds is 12. The van der Waals surface area contributed by atoms with Gasteiger partial charge in [-0.15, -0.1) is 0 Å². The lowest BCUT2D eigenvalue weighted by Crippen LogP contribution is -2.62. The summed E-state index contributed by atoms with van der Waals surface area (Å²) in [6.45, 7) is 1.62. The Morgan fingerprint density at radius 3 is 1.12 bits per heavy atom. The molecule has 1 aliphatic heterocycles. The van der Waals surface area contributed by atoms with E-state index in [1.165, 1.54) is 0 Å². The SMILES string of the molecule is C[C@@H]1OC(OC(=O)Cc2c[nH]c3ccccc23)[C@H](OC(=O)Cc2c[nH]c3ccccc23)[C@H](OC(=O)Cc2c[nH]c3ccccc23)[C@H]1OC(=O)Cc1c[nH]c2ccccc12. The first-order chi connectivity index (χ1) is 28.8. The van der Waals surface area contributed by atoms with Gasteiger partial charge in [0, 0.05) is 68.4 Å². The number of H-pyrrole nitrogens is 4. The van der Waals surface area contributed by atoms with Crippen LogP contribution in [-0.2, 0) is 68.5 Å². The maximum absolute atomic E-state index is 14.0. The summed E-state index contributed by atoms with van der Waals surface area (Å²) in [7, 11) is 0. The van der Waals surface area contributed by atoms with Crippen molar-refractivity contribution >= 4 is 67.5 Å². The van der Waals surface area contributed by atoms with Crippen LogP contribution in [0.2, 0.25) is 0 Å². The van der Waals surface area contributed by atoms with Crippen LogP contribution < -0.4 is 0 Å². The highest BCUT2D eigenvalue weighted by Crippen LogP contribution is 2.32. The van der Waals surface area contributed by atoms with Crippen molar-refractivity contribution in [2.45, 2.75) is 63.3 Å². The molecule has 0 bridgehead atoms. The molecule has 1 fully saturated rings. The van der Waals surface area contributed by atoms with Crippen molar-refractivity contribution in [1.82, 2.24) is 19.9 Å².